The fourth-order valence-corrected chi connectivity index (χ4v) is 2.65. The summed E-state index contributed by atoms with van der Waals surface area (Å²) in [6.07, 6.45) is 1.56. The first-order valence-electron chi connectivity index (χ1n) is 8.17. The standard InChI is InChI=1S/C18H17F3N4O2/c19-13-9-25(10-13)17(26)8-24-15-5-12(7-23-16(15)6-22)11-2-1-3-14(4-11)27-18(20)21/h1-7,13,18,22,24H,8-10H2. The van der Waals surface area contributed by atoms with Crippen LogP contribution in [0.3, 0.4) is 0 Å². The third kappa shape index (κ3) is 4.55. The van der Waals surface area contributed by atoms with Gasteiger partial charge in [-0.15, -0.1) is 0 Å². The molecule has 9 heteroatoms. The Labute approximate surface area is 153 Å². The van der Waals surface area contributed by atoms with Crippen LogP contribution in [-0.2, 0) is 4.79 Å². The van der Waals surface area contributed by atoms with Crippen LogP contribution < -0.4 is 10.1 Å². The highest BCUT2D eigenvalue weighted by Gasteiger charge is 2.29. The number of benzene rings is 1. The van der Waals surface area contributed by atoms with Gasteiger partial charge in [0, 0.05) is 18.0 Å². The summed E-state index contributed by atoms with van der Waals surface area (Å²) < 4.78 is 42.0. The molecule has 0 atom stereocenters. The number of nitrogens with one attached hydrogen (secondary N) is 2. The molecular weight excluding hydrogens is 361 g/mol. The molecule has 2 heterocycles. The molecule has 2 N–H and O–H groups in total. The second-order valence-corrected chi connectivity index (χ2v) is 5.96. The number of hydrogen-bond donors (Lipinski definition) is 2. The van der Waals surface area contributed by atoms with Crippen LogP contribution >= 0.6 is 0 Å². The fraction of sp³-hybridized carbons (Fsp3) is 0.278. The number of likely N-dealkylation sites (tertiary alicyclic amines) is 1. The second-order valence-electron chi connectivity index (χ2n) is 5.96. The number of pyridine rings is 1. The van der Waals surface area contributed by atoms with Crippen molar-refractivity contribution in [3.63, 3.8) is 0 Å². The highest BCUT2D eigenvalue weighted by atomic mass is 19.3. The molecule has 0 saturated carbocycles. The molecule has 1 amide bonds. The maximum atomic E-state index is 12.9. The minimum atomic E-state index is -2.92. The zero-order valence-corrected chi connectivity index (χ0v) is 14.2. The van der Waals surface area contributed by atoms with Crippen LogP contribution in [0.15, 0.2) is 36.5 Å². The SMILES string of the molecule is N=Cc1ncc(-c2cccc(OC(F)F)c2)cc1NCC(=O)N1CC(F)C1. The molecule has 1 aliphatic heterocycles. The first-order chi connectivity index (χ1) is 13.0. The van der Waals surface area contributed by atoms with Gasteiger partial charge in [0.1, 0.15) is 17.6 Å². The molecule has 3 rings (SSSR count). The number of amides is 1. The van der Waals surface area contributed by atoms with Gasteiger partial charge >= 0.3 is 6.61 Å². The Hall–Kier alpha value is -3.10. The van der Waals surface area contributed by atoms with Crippen LogP contribution in [-0.4, -0.2) is 54.4 Å². The zero-order valence-electron chi connectivity index (χ0n) is 14.2. The first kappa shape index (κ1) is 18.7. The van der Waals surface area contributed by atoms with E-state index in [-0.39, 0.29) is 31.3 Å². The lowest BCUT2D eigenvalue weighted by Crippen LogP contribution is -2.53. The van der Waals surface area contributed by atoms with E-state index in [1.54, 1.807) is 18.2 Å². The van der Waals surface area contributed by atoms with Crippen molar-refractivity contribution >= 4 is 17.8 Å². The van der Waals surface area contributed by atoms with E-state index in [1.807, 2.05) is 0 Å². The van der Waals surface area contributed by atoms with Gasteiger partial charge in [0.15, 0.2) is 0 Å². The van der Waals surface area contributed by atoms with Gasteiger partial charge in [-0.2, -0.15) is 8.78 Å². The normalized spacial score (nSPS) is 14.0. The molecule has 27 heavy (non-hydrogen) atoms. The Balaban J connectivity index is 1.77. The van der Waals surface area contributed by atoms with E-state index in [0.29, 0.717) is 22.5 Å². The van der Waals surface area contributed by atoms with Gasteiger partial charge in [0.05, 0.1) is 25.3 Å². The Morgan fingerprint density at radius 2 is 2.15 bits per heavy atom. The summed E-state index contributed by atoms with van der Waals surface area (Å²) in [6.45, 7) is -2.81. The molecule has 0 spiro atoms. The Morgan fingerprint density at radius 3 is 2.81 bits per heavy atom. The van der Waals surface area contributed by atoms with Crippen molar-refractivity contribution < 1.29 is 22.7 Å². The highest BCUT2D eigenvalue weighted by molar-refractivity contribution is 5.88. The lowest BCUT2D eigenvalue weighted by Gasteiger charge is -2.34. The van der Waals surface area contributed by atoms with Crippen LogP contribution in [0.1, 0.15) is 5.69 Å². The summed E-state index contributed by atoms with van der Waals surface area (Å²) in [7, 11) is 0. The van der Waals surface area contributed by atoms with Crippen molar-refractivity contribution in [2.75, 3.05) is 25.0 Å². The summed E-state index contributed by atoms with van der Waals surface area (Å²) in [4.78, 5) is 17.5. The van der Waals surface area contributed by atoms with Crippen LogP contribution in [0.25, 0.3) is 11.1 Å². The topological polar surface area (TPSA) is 78.3 Å². The van der Waals surface area contributed by atoms with Gasteiger partial charge in [-0.1, -0.05) is 12.1 Å². The number of carbonyl (C=O) groups is 1. The van der Waals surface area contributed by atoms with Crippen molar-refractivity contribution in [3.8, 4) is 16.9 Å². The number of nitrogens with zero attached hydrogens (tertiary/aromatic N) is 2. The molecule has 1 fully saturated rings. The molecule has 142 valence electrons. The quantitative estimate of drug-likeness (QED) is 0.726. The number of rotatable bonds is 7. The van der Waals surface area contributed by atoms with Gasteiger partial charge in [0.2, 0.25) is 5.91 Å². The Morgan fingerprint density at radius 1 is 1.37 bits per heavy atom. The molecule has 1 saturated heterocycles. The Kier molecular flexibility index (Phi) is 5.58. The van der Waals surface area contributed by atoms with E-state index in [9.17, 15) is 18.0 Å². The van der Waals surface area contributed by atoms with E-state index >= 15 is 0 Å². The maximum Gasteiger partial charge on any atom is 0.387 e. The van der Waals surface area contributed by atoms with Crippen LogP contribution in [0.4, 0.5) is 18.9 Å². The molecule has 6 nitrogen and oxygen atoms in total. The molecule has 1 aromatic carbocycles. The molecule has 0 aliphatic carbocycles. The van der Waals surface area contributed by atoms with Gasteiger partial charge in [-0.3, -0.25) is 9.78 Å². The number of anilines is 1. The number of alkyl halides is 3. The first-order valence-corrected chi connectivity index (χ1v) is 8.17. The van der Waals surface area contributed by atoms with Crippen molar-refractivity contribution in [2.45, 2.75) is 12.8 Å². The molecule has 0 radical (unpaired) electrons. The zero-order chi connectivity index (χ0) is 19.4. The summed E-state index contributed by atoms with van der Waals surface area (Å²) in [5, 5.41) is 10.3. The number of halogens is 3. The molecule has 1 aliphatic rings. The summed E-state index contributed by atoms with van der Waals surface area (Å²) in [5.41, 5.74) is 1.95. The minimum absolute atomic E-state index is 0.0156. The lowest BCUT2D eigenvalue weighted by molar-refractivity contribution is -0.136. The van der Waals surface area contributed by atoms with Gasteiger partial charge in [-0.25, -0.2) is 4.39 Å². The van der Waals surface area contributed by atoms with Crippen molar-refractivity contribution in [2.24, 2.45) is 0 Å². The molecular formula is C18H17F3N4O2. The van der Waals surface area contributed by atoms with E-state index in [4.69, 9.17) is 5.41 Å². The van der Waals surface area contributed by atoms with E-state index in [1.165, 1.54) is 23.2 Å². The molecule has 2 aromatic rings. The third-order valence-electron chi connectivity index (χ3n) is 4.07. The van der Waals surface area contributed by atoms with E-state index in [0.717, 1.165) is 6.21 Å². The third-order valence-corrected chi connectivity index (χ3v) is 4.07. The number of carbonyl (C=O) groups excluding carboxylic acids is 1. The van der Waals surface area contributed by atoms with Crippen LogP contribution in [0.5, 0.6) is 5.75 Å². The minimum Gasteiger partial charge on any atom is -0.435 e. The van der Waals surface area contributed by atoms with Gasteiger partial charge < -0.3 is 20.4 Å². The lowest BCUT2D eigenvalue weighted by atomic mass is 10.1. The summed E-state index contributed by atoms with van der Waals surface area (Å²) in [5.74, 6) is -0.237. The van der Waals surface area contributed by atoms with Crippen molar-refractivity contribution in [1.82, 2.24) is 9.88 Å². The van der Waals surface area contributed by atoms with Crippen molar-refractivity contribution in [3.05, 3.63) is 42.2 Å². The Bertz CT molecular complexity index is 841. The molecule has 1 aromatic heterocycles. The highest BCUT2D eigenvalue weighted by Crippen LogP contribution is 2.27. The summed E-state index contributed by atoms with van der Waals surface area (Å²) >= 11 is 0. The second kappa shape index (κ2) is 8.07. The number of ether oxygens (including phenoxy) is 1. The maximum absolute atomic E-state index is 12.9. The largest absolute Gasteiger partial charge is 0.435 e. The number of hydrogen-bond acceptors (Lipinski definition) is 5. The predicted octanol–water partition coefficient (Wildman–Crippen LogP) is 2.94. The predicted molar refractivity (Wildman–Crippen MR) is 94.2 cm³/mol. The monoisotopic (exact) mass is 378 g/mol. The summed E-state index contributed by atoms with van der Waals surface area (Å²) in [6, 6.07) is 7.80. The van der Waals surface area contributed by atoms with E-state index < -0.39 is 12.8 Å². The van der Waals surface area contributed by atoms with Crippen molar-refractivity contribution in [1.29, 1.82) is 5.41 Å². The average molecular weight is 378 g/mol. The van der Waals surface area contributed by atoms with Gasteiger partial charge in [-0.05, 0) is 23.8 Å². The van der Waals surface area contributed by atoms with E-state index in [2.05, 4.69) is 15.0 Å². The molecule has 0 bridgehead atoms. The smallest absolute Gasteiger partial charge is 0.387 e. The molecule has 0 unspecified atom stereocenters. The van der Waals surface area contributed by atoms with Gasteiger partial charge in [0.25, 0.3) is 0 Å². The van der Waals surface area contributed by atoms with Crippen LogP contribution in [0.2, 0.25) is 0 Å². The number of aromatic nitrogens is 1. The van der Waals surface area contributed by atoms with Crippen LogP contribution in [0, 0.1) is 5.41 Å². The fourth-order valence-electron chi connectivity index (χ4n) is 2.65. The average Bonchev–Trinajstić information content (AvgIpc) is 2.63.